The molecule has 1 N–H and O–H groups in total. The molecule has 2 aromatic heterocycles. The monoisotopic (exact) mass is 403 g/mol. The van der Waals surface area contributed by atoms with E-state index in [1.54, 1.807) is 6.07 Å². The maximum absolute atomic E-state index is 6.51. The Kier molecular flexibility index (Phi) is 5.22. The van der Waals surface area contributed by atoms with Gasteiger partial charge in [-0.05, 0) is 68.5 Å². The van der Waals surface area contributed by atoms with Gasteiger partial charge in [-0.2, -0.15) is 0 Å². The Bertz CT molecular complexity index is 981. The van der Waals surface area contributed by atoms with Crippen LogP contribution in [-0.2, 0) is 0 Å². The van der Waals surface area contributed by atoms with Crippen LogP contribution in [0.2, 0.25) is 10.0 Å². The molecule has 5 heteroatoms. The predicted molar refractivity (Wildman–Crippen MR) is 117 cm³/mol. The quantitative estimate of drug-likeness (QED) is 0.496. The van der Waals surface area contributed by atoms with E-state index in [2.05, 4.69) is 69.6 Å². The number of imidazole rings is 1. The Hall–Kier alpha value is -1.71. The molecule has 3 nitrogen and oxygen atoms in total. The van der Waals surface area contributed by atoms with Crippen LogP contribution in [0.3, 0.4) is 0 Å². The number of anilines is 1. The summed E-state index contributed by atoms with van der Waals surface area (Å²) in [5.74, 6) is 0.948. The van der Waals surface area contributed by atoms with Crippen molar-refractivity contribution in [2.45, 2.75) is 53.5 Å². The van der Waals surface area contributed by atoms with Crippen LogP contribution in [-0.4, -0.2) is 14.9 Å². The van der Waals surface area contributed by atoms with Crippen LogP contribution < -0.4 is 5.32 Å². The number of rotatable bonds is 4. The first-order valence-corrected chi connectivity index (χ1v) is 9.93. The zero-order chi connectivity index (χ0) is 20.0. The third-order valence-electron chi connectivity index (χ3n) is 4.40. The van der Waals surface area contributed by atoms with E-state index in [1.165, 1.54) is 5.56 Å². The lowest BCUT2D eigenvalue weighted by Gasteiger charge is -2.34. The molecule has 0 bridgehead atoms. The van der Waals surface area contributed by atoms with Crippen LogP contribution in [0, 0.1) is 12.3 Å². The summed E-state index contributed by atoms with van der Waals surface area (Å²) in [6.07, 6.45) is 3.06. The number of benzene rings is 1. The van der Waals surface area contributed by atoms with Gasteiger partial charge in [-0.3, -0.25) is 4.40 Å². The Balaban J connectivity index is 2.17. The molecule has 0 fully saturated rings. The van der Waals surface area contributed by atoms with Crippen molar-refractivity contribution >= 4 is 34.7 Å². The minimum atomic E-state index is -0.118. The molecule has 0 atom stereocenters. The molecule has 27 heavy (non-hydrogen) atoms. The third kappa shape index (κ3) is 4.59. The molecular weight excluding hydrogens is 377 g/mol. The van der Waals surface area contributed by atoms with Crippen molar-refractivity contribution in [3.8, 4) is 11.3 Å². The van der Waals surface area contributed by atoms with E-state index in [1.807, 2.05) is 12.1 Å². The number of aromatic nitrogens is 2. The molecule has 3 aromatic rings. The van der Waals surface area contributed by atoms with Crippen LogP contribution >= 0.6 is 23.2 Å². The smallest absolute Gasteiger partial charge is 0.139 e. The molecule has 3 rings (SSSR count). The van der Waals surface area contributed by atoms with Gasteiger partial charge in [-0.1, -0.05) is 44.0 Å². The van der Waals surface area contributed by atoms with Gasteiger partial charge < -0.3 is 5.32 Å². The summed E-state index contributed by atoms with van der Waals surface area (Å²) in [5.41, 5.74) is 3.85. The van der Waals surface area contributed by atoms with Gasteiger partial charge in [-0.15, -0.1) is 0 Å². The molecule has 0 spiro atoms. The first kappa shape index (κ1) is 20.0. The number of halogens is 2. The maximum atomic E-state index is 6.51. The topological polar surface area (TPSA) is 29.3 Å². The van der Waals surface area contributed by atoms with Crippen LogP contribution in [0.4, 0.5) is 5.82 Å². The second kappa shape index (κ2) is 7.03. The lowest BCUT2D eigenvalue weighted by Crippen LogP contribution is -2.36. The number of fused-ring (bicyclic) bond motifs is 1. The summed E-state index contributed by atoms with van der Waals surface area (Å²) < 4.78 is 2.09. The van der Waals surface area contributed by atoms with Crippen LogP contribution in [0.15, 0.2) is 36.5 Å². The van der Waals surface area contributed by atoms with Gasteiger partial charge >= 0.3 is 0 Å². The zero-order valence-electron chi connectivity index (χ0n) is 16.8. The second-order valence-corrected chi connectivity index (χ2v) is 9.96. The number of hydrogen-bond donors (Lipinski definition) is 1. The Morgan fingerprint density at radius 3 is 2.37 bits per heavy atom. The van der Waals surface area contributed by atoms with Crippen molar-refractivity contribution in [1.29, 1.82) is 0 Å². The van der Waals surface area contributed by atoms with E-state index >= 15 is 0 Å². The Morgan fingerprint density at radius 2 is 1.74 bits per heavy atom. The molecule has 0 aliphatic carbocycles. The molecule has 1 aromatic carbocycles. The standard InChI is InChI=1S/C22H27Cl2N3/c1-14-9-10-27-18(11-14)25-19(16-8-7-15(23)12-17(16)24)20(27)26-22(5,6)13-21(2,3)4/h7-12,26H,13H2,1-6H3. The van der Waals surface area contributed by atoms with Gasteiger partial charge in [0.25, 0.3) is 0 Å². The fraction of sp³-hybridized carbons (Fsp3) is 0.409. The summed E-state index contributed by atoms with van der Waals surface area (Å²) >= 11 is 12.6. The summed E-state index contributed by atoms with van der Waals surface area (Å²) in [6, 6.07) is 9.71. The van der Waals surface area contributed by atoms with Gasteiger partial charge in [0.15, 0.2) is 0 Å². The molecule has 2 heterocycles. The van der Waals surface area contributed by atoms with E-state index < -0.39 is 0 Å². The average Bonchev–Trinajstić information content (AvgIpc) is 2.81. The summed E-state index contributed by atoms with van der Waals surface area (Å²) in [5, 5.41) is 4.95. The highest BCUT2D eigenvalue weighted by molar-refractivity contribution is 6.36. The minimum Gasteiger partial charge on any atom is -0.364 e. The lowest BCUT2D eigenvalue weighted by molar-refractivity contribution is 0.302. The summed E-state index contributed by atoms with van der Waals surface area (Å²) in [7, 11) is 0. The predicted octanol–water partition coefficient (Wildman–Crippen LogP) is 7.24. The Morgan fingerprint density at radius 1 is 1.04 bits per heavy atom. The SMILES string of the molecule is Cc1ccn2c(NC(C)(C)CC(C)(C)C)c(-c3ccc(Cl)cc3Cl)nc2c1. The van der Waals surface area contributed by atoms with Gasteiger partial charge in [0.2, 0.25) is 0 Å². The van der Waals surface area contributed by atoms with E-state index in [0.717, 1.165) is 29.1 Å². The molecule has 0 aliphatic rings. The fourth-order valence-electron chi connectivity index (χ4n) is 3.83. The van der Waals surface area contributed by atoms with E-state index in [4.69, 9.17) is 28.2 Å². The number of nitrogens with one attached hydrogen (secondary N) is 1. The Labute approximate surface area is 171 Å². The van der Waals surface area contributed by atoms with Crippen molar-refractivity contribution < 1.29 is 0 Å². The molecule has 0 saturated heterocycles. The van der Waals surface area contributed by atoms with E-state index in [-0.39, 0.29) is 11.0 Å². The summed E-state index contributed by atoms with van der Waals surface area (Å²) in [4.78, 5) is 4.89. The highest BCUT2D eigenvalue weighted by atomic mass is 35.5. The molecule has 0 aliphatic heterocycles. The van der Waals surface area contributed by atoms with Crippen molar-refractivity contribution in [2.24, 2.45) is 5.41 Å². The van der Waals surface area contributed by atoms with Gasteiger partial charge in [0.1, 0.15) is 17.2 Å². The van der Waals surface area contributed by atoms with E-state index in [0.29, 0.717) is 10.0 Å². The normalized spacial score (nSPS) is 12.6. The van der Waals surface area contributed by atoms with Gasteiger partial charge in [0, 0.05) is 22.3 Å². The molecular formula is C22H27Cl2N3. The van der Waals surface area contributed by atoms with Gasteiger partial charge in [0.05, 0.1) is 5.02 Å². The zero-order valence-corrected chi connectivity index (χ0v) is 18.3. The first-order chi connectivity index (χ1) is 12.5. The minimum absolute atomic E-state index is 0.118. The molecule has 0 unspecified atom stereocenters. The molecule has 144 valence electrons. The first-order valence-electron chi connectivity index (χ1n) is 9.18. The fourth-order valence-corrected chi connectivity index (χ4v) is 4.32. The number of pyridine rings is 1. The van der Waals surface area contributed by atoms with Crippen LogP contribution in [0.1, 0.15) is 46.6 Å². The van der Waals surface area contributed by atoms with Crippen molar-refractivity contribution in [3.63, 3.8) is 0 Å². The number of aryl methyl sites for hydroxylation is 1. The van der Waals surface area contributed by atoms with Crippen LogP contribution in [0.25, 0.3) is 16.9 Å². The molecule has 0 radical (unpaired) electrons. The van der Waals surface area contributed by atoms with E-state index in [9.17, 15) is 0 Å². The molecule has 0 amide bonds. The molecule has 0 saturated carbocycles. The number of hydrogen-bond acceptors (Lipinski definition) is 2. The maximum Gasteiger partial charge on any atom is 0.139 e. The van der Waals surface area contributed by atoms with Crippen molar-refractivity contribution in [3.05, 3.63) is 52.1 Å². The van der Waals surface area contributed by atoms with Crippen molar-refractivity contribution in [1.82, 2.24) is 9.38 Å². The number of nitrogens with zero attached hydrogens (tertiary/aromatic N) is 2. The van der Waals surface area contributed by atoms with Gasteiger partial charge in [-0.25, -0.2) is 4.98 Å². The third-order valence-corrected chi connectivity index (χ3v) is 4.94. The van der Waals surface area contributed by atoms with Crippen molar-refractivity contribution in [2.75, 3.05) is 5.32 Å². The largest absolute Gasteiger partial charge is 0.364 e. The second-order valence-electron chi connectivity index (χ2n) is 9.11. The highest BCUT2D eigenvalue weighted by Gasteiger charge is 2.28. The summed E-state index contributed by atoms with van der Waals surface area (Å²) in [6.45, 7) is 13.3. The lowest BCUT2D eigenvalue weighted by atomic mass is 9.82. The average molecular weight is 404 g/mol. The van der Waals surface area contributed by atoms with Crippen LogP contribution in [0.5, 0.6) is 0 Å². The highest BCUT2D eigenvalue weighted by Crippen LogP contribution is 2.38.